The van der Waals surface area contributed by atoms with Crippen LogP contribution < -0.4 is 10.6 Å². The summed E-state index contributed by atoms with van der Waals surface area (Å²) in [4.78, 5) is 26.5. The molecule has 1 aromatic carbocycles. The molecule has 0 spiro atoms. The van der Waals surface area contributed by atoms with Gasteiger partial charge in [-0.15, -0.1) is 0 Å². The summed E-state index contributed by atoms with van der Waals surface area (Å²) in [6.07, 6.45) is 4.65. The third-order valence-corrected chi connectivity index (χ3v) is 5.71. The van der Waals surface area contributed by atoms with Gasteiger partial charge in [0.1, 0.15) is 0 Å². The van der Waals surface area contributed by atoms with E-state index in [1.807, 2.05) is 0 Å². The van der Waals surface area contributed by atoms with Crippen molar-refractivity contribution in [3.05, 3.63) is 35.4 Å². The Bertz CT molecular complexity index is 641. The van der Waals surface area contributed by atoms with Crippen molar-refractivity contribution in [3.63, 3.8) is 0 Å². The first-order valence-corrected chi connectivity index (χ1v) is 11.2. The average molecular weight is 402 g/mol. The zero-order valence-corrected chi connectivity index (χ0v) is 18.7. The van der Waals surface area contributed by atoms with Crippen molar-refractivity contribution in [1.82, 2.24) is 15.5 Å². The van der Waals surface area contributed by atoms with Crippen molar-refractivity contribution in [2.45, 2.75) is 65.2 Å². The van der Waals surface area contributed by atoms with E-state index in [4.69, 9.17) is 0 Å². The Labute approximate surface area is 176 Å². The van der Waals surface area contributed by atoms with Gasteiger partial charge in [-0.1, -0.05) is 58.4 Å². The van der Waals surface area contributed by atoms with E-state index in [1.165, 1.54) is 11.1 Å². The molecule has 1 heterocycles. The van der Waals surface area contributed by atoms with Crippen molar-refractivity contribution < 1.29 is 9.59 Å². The number of rotatable bonds is 9. The van der Waals surface area contributed by atoms with Gasteiger partial charge in [-0.2, -0.15) is 0 Å². The molecule has 0 unspecified atom stereocenters. The van der Waals surface area contributed by atoms with Crippen molar-refractivity contribution in [2.24, 2.45) is 5.92 Å². The minimum atomic E-state index is 0.0714. The smallest absolute Gasteiger partial charge is 0.234 e. The lowest BCUT2D eigenvalue weighted by Crippen LogP contribution is -2.44. The fourth-order valence-electron chi connectivity index (χ4n) is 3.66. The van der Waals surface area contributed by atoms with E-state index >= 15 is 0 Å². The molecule has 5 nitrogen and oxygen atoms in total. The van der Waals surface area contributed by atoms with E-state index in [0.717, 1.165) is 51.7 Å². The predicted molar refractivity (Wildman–Crippen MR) is 119 cm³/mol. The molecule has 5 heteroatoms. The second-order valence-corrected chi connectivity index (χ2v) is 9.24. The van der Waals surface area contributed by atoms with E-state index < -0.39 is 0 Å². The van der Waals surface area contributed by atoms with Crippen molar-refractivity contribution >= 4 is 11.8 Å². The number of likely N-dealkylation sites (tertiary alicyclic amines) is 1. The van der Waals surface area contributed by atoms with Gasteiger partial charge in [0.2, 0.25) is 11.8 Å². The topological polar surface area (TPSA) is 61.4 Å². The molecule has 1 fully saturated rings. The Morgan fingerprint density at radius 3 is 2.28 bits per heavy atom. The van der Waals surface area contributed by atoms with Gasteiger partial charge in [0.05, 0.1) is 6.54 Å². The lowest BCUT2D eigenvalue weighted by molar-refractivity contribution is -0.126. The SMILES string of the molecule is CCCCNC(=O)C1CCN(CC(=O)NCCc2ccc(C(C)(C)C)cc2)CC1. The monoisotopic (exact) mass is 401 g/mol. The number of nitrogens with one attached hydrogen (secondary N) is 2. The predicted octanol–water partition coefficient (Wildman–Crippen LogP) is 3.27. The summed E-state index contributed by atoms with van der Waals surface area (Å²) in [6.45, 7) is 12.2. The molecule has 0 aliphatic carbocycles. The number of carbonyl (C=O) groups excluding carboxylic acids is 2. The van der Waals surface area contributed by atoms with E-state index in [2.05, 4.69) is 67.5 Å². The second-order valence-electron chi connectivity index (χ2n) is 9.24. The van der Waals surface area contributed by atoms with Gasteiger partial charge in [0.15, 0.2) is 0 Å². The van der Waals surface area contributed by atoms with Gasteiger partial charge < -0.3 is 10.6 Å². The molecule has 2 amide bonds. The van der Waals surface area contributed by atoms with Crippen LogP contribution in [0.15, 0.2) is 24.3 Å². The van der Waals surface area contributed by atoms with Crippen LogP contribution >= 0.6 is 0 Å². The van der Waals surface area contributed by atoms with Crippen LogP contribution in [0, 0.1) is 5.92 Å². The highest BCUT2D eigenvalue weighted by Crippen LogP contribution is 2.22. The third kappa shape index (κ3) is 8.17. The maximum Gasteiger partial charge on any atom is 0.234 e. The molecule has 0 radical (unpaired) electrons. The Balaban J connectivity index is 1.63. The largest absolute Gasteiger partial charge is 0.356 e. The third-order valence-electron chi connectivity index (χ3n) is 5.71. The number of benzene rings is 1. The van der Waals surface area contributed by atoms with Gasteiger partial charge >= 0.3 is 0 Å². The average Bonchev–Trinajstić information content (AvgIpc) is 2.68. The summed E-state index contributed by atoms with van der Waals surface area (Å²) >= 11 is 0. The Hall–Kier alpha value is -1.88. The molecule has 1 saturated heterocycles. The van der Waals surface area contributed by atoms with E-state index in [9.17, 15) is 9.59 Å². The normalized spacial score (nSPS) is 15.9. The molecule has 0 aromatic heterocycles. The van der Waals surface area contributed by atoms with Crippen LogP contribution in [0.4, 0.5) is 0 Å². The lowest BCUT2D eigenvalue weighted by Gasteiger charge is -2.30. The molecular weight excluding hydrogens is 362 g/mol. The highest BCUT2D eigenvalue weighted by molar-refractivity contribution is 5.79. The Kier molecular flexibility index (Phi) is 9.15. The van der Waals surface area contributed by atoms with Crippen LogP contribution in [-0.4, -0.2) is 49.4 Å². The summed E-state index contributed by atoms with van der Waals surface area (Å²) in [5.74, 6) is 0.351. The van der Waals surface area contributed by atoms with Crippen LogP contribution in [0.1, 0.15) is 64.5 Å². The van der Waals surface area contributed by atoms with Crippen molar-refractivity contribution in [1.29, 1.82) is 0 Å². The van der Waals surface area contributed by atoms with Gasteiger partial charge in [0.25, 0.3) is 0 Å². The summed E-state index contributed by atoms with van der Waals surface area (Å²) < 4.78 is 0. The number of piperidine rings is 1. The summed E-state index contributed by atoms with van der Waals surface area (Å²) in [5.41, 5.74) is 2.73. The first kappa shape index (κ1) is 23.4. The fourth-order valence-corrected chi connectivity index (χ4v) is 3.66. The van der Waals surface area contributed by atoms with E-state index in [0.29, 0.717) is 13.1 Å². The van der Waals surface area contributed by atoms with Gasteiger partial charge in [0, 0.05) is 19.0 Å². The molecule has 0 saturated carbocycles. The Morgan fingerprint density at radius 1 is 1.03 bits per heavy atom. The molecule has 2 rings (SSSR count). The van der Waals surface area contributed by atoms with E-state index in [-0.39, 0.29) is 23.1 Å². The number of carbonyl (C=O) groups is 2. The molecular formula is C24H39N3O2. The van der Waals surface area contributed by atoms with E-state index in [1.54, 1.807) is 0 Å². The maximum atomic E-state index is 12.2. The fraction of sp³-hybridized carbons (Fsp3) is 0.667. The molecule has 1 aliphatic rings. The summed E-state index contributed by atoms with van der Waals surface area (Å²) in [5, 5.41) is 6.06. The minimum Gasteiger partial charge on any atom is -0.356 e. The van der Waals surface area contributed by atoms with Gasteiger partial charge in [-0.05, 0) is 55.3 Å². The first-order valence-electron chi connectivity index (χ1n) is 11.2. The van der Waals surface area contributed by atoms with Crippen molar-refractivity contribution in [2.75, 3.05) is 32.7 Å². The van der Waals surface area contributed by atoms with Crippen LogP contribution in [0.25, 0.3) is 0 Å². The highest BCUT2D eigenvalue weighted by atomic mass is 16.2. The quantitative estimate of drug-likeness (QED) is 0.624. The summed E-state index contributed by atoms with van der Waals surface area (Å²) in [7, 11) is 0. The second kappa shape index (κ2) is 11.3. The molecule has 0 bridgehead atoms. The van der Waals surface area contributed by atoms with Crippen molar-refractivity contribution in [3.8, 4) is 0 Å². The number of nitrogens with zero attached hydrogens (tertiary/aromatic N) is 1. The van der Waals surface area contributed by atoms with Crippen LogP contribution in [0.2, 0.25) is 0 Å². The number of amides is 2. The number of hydrogen-bond acceptors (Lipinski definition) is 3. The molecule has 162 valence electrons. The molecule has 2 N–H and O–H groups in total. The zero-order chi connectivity index (χ0) is 21.3. The van der Waals surface area contributed by atoms with Crippen LogP contribution in [-0.2, 0) is 21.4 Å². The molecule has 0 atom stereocenters. The lowest BCUT2D eigenvalue weighted by atomic mass is 9.86. The highest BCUT2D eigenvalue weighted by Gasteiger charge is 2.25. The molecule has 1 aromatic rings. The van der Waals surface area contributed by atoms with Gasteiger partial charge in [-0.25, -0.2) is 0 Å². The standard InChI is InChI=1S/C24H39N3O2/c1-5-6-14-26-23(29)20-12-16-27(17-13-20)18-22(28)25-15-11-19-7-9-21(10-8-19)24(2,3)4/h7-10,20H,5-6,11-18H2,1-4H3,(H,25,28)(H,26,29). The minimum absolute atomic E-state index is 0.0714. The zero-order valence-electron chi connectivity index (χ0n) is 18.7. The molecule has 1 aliphatic heterocycles. The molecule has 29 heavy (non-hydrogen) atoms. The van der Waals surface area contributed by atoms with Crippen LogP contribution in [0.3, 0.4) is 0 Å². The van der Waals surface area contributed by atoms with Gasteiger partial charge in [-0.3, -0.25) is 14.5 Å². The maximum absolute atomic E-state index is 12.2. The number of unbranched alkanes of at least 4 members (excludes halogenated alkanes) is 1. The summed E-state index contributed by atoms with van der Waals surface area (Å²) in [6, 6.07) is 8.67. The Morgan fingerprint density at radius 2 is 1.69 bits per heavy atom. The number of hydrogen-bond donors (Lipinski definition) is 2. The first-order chi connectivity index (χ1) is 13.8. The van der Waals surface area contributed by atoms with Crippen LogP contribution in [0.5, 0.6) is 0 Å².